The van der Waals surface area contributed by atoms with Gasteiger partial charge in [0.05, 0.1) is 0 Å². The second-order valence-electron chi connectivity index (χ2n) is 4.98. The summed E-state index contributed by atoms with van der Waals surface area (Å²) in [7, 11) is 0. The number of thioether (sulfide) groups is 1. The minimum atomic E-state index is -0.168. The van der Waals surface area contributed by atoms with E-state index >= 15 is 0 Å². The van der Waals surface area contributed by atoms with E-state index in [1.54, 1.807) is 11.8 Å². The Balaban J connectivity index is 1.74. The van der Waals surface area contributed by atoms with E-state index in [1.807, 2.05) is 12.1 Å². The summed E-state index contributed by atoms with van der Waals surface area (Å²) in [6, 6.07) is 7.37. The van der Waals surface area contributed by atoms with Gasteiger partial charge in [0, 0.05) is 29.8 Å². The molecular weight excluding hydrogens is 247 g/mol. The summed E-state index contributed by atoms with van der Waals surface area (Å²) in [5.74, 6) is 1.54. The Bertz CT molecular complexity index is 369. The molecule has 0 saturated carbocycles. The summed E-state index contributed by atoms with van der Waals surface area (Å²) in [5.41, 5.74) is 5.72. The maximum atomic E-state index is 12.8. The van der Waals surface area contributed by atoms with Gasteiger partial charge in [0.15, 0.2) is 0 Å². The molecule has 2 nitrogen and oxygen atoms in total. The molecule has 18 heavy (non-hydrogen) atoms. The van der Waals surface area contributed by atoms with Gasteiger partial charge in [-0.05, 0) is 50.1 Å². The van der Waals surface area contributed by atoms with E-state index in [4.69, 9.17) is 5.73 Å². The summed E-state index contributed by atoms with van der Waals surface area (Å²) >= 11 is 1.79. The number of halogens is 1. The fourth-order valence-corrected chi connectivity index (χ4v) is 3.40. The van der Waals surface area contributed by atoms with E-state index in [0.717, 1.165) is 30.3 Å². The Morgan fingerprint density at radius 2 is 2.11 bits per heavy atom. The zero-order chi connectivity index (χ0) is 13.0. The Hall–Kier alpha value is -0.580. The molecular formula is C14H21FN2S. The van der Waals surface area contributed by atoms with Gasteiger partial charge in [-0.3, -0.25) is 4.90 Å². The first kappa shape index (κ1) is 13.8. The van der Waals surface area contributed by atoms with Crippen LogP contribution in [0, 0.1) is 11.7 Å². The second-order valence-corrected chi connectivity index (χ2v) is 6.15. The Labute approximate surface area is 113 Å². The van der Waals surface area contributed by atoms with Gasteiger partial charge in [-0.1, -0.05) is 0 Å². The van der Waals surface area contributed by atoms with Crippen molar-refractivity contribution in [1.82, 2.24) is 4.90 Å². The number of hydrogen-bond acceptors (Lipinski definition) is 3. The van der Waals surface area contributed by atoms with Crippen molar-refractivity contribution in [3.63, 3.8) is 0 Å². The van der Waals surface area contributed by atoms with E-state index in [1.165, 1.54) is 18.6 Å². The molecule has 1 aliphatic heterocycles. The molecule has 1 aromatic carbocycles. The first-order valence-corrected chi connectivity index (χ1v) is 7.50. The van der Waals surface area contributed by atoms with Crippen molar-refractivity contribution in [1.29, 1.82) is 0 Å². The second kappa shape index (κ2) is 6.55. The van der Waals surface area contributed by atoms with Gasteiger partial charge in [-0.2, -0.15) is 0 Å². The molecule has 0 spiro atoms. The molecule has 1 aromatic rings. The predicted molar refractivity (Wildman–Crippen MR) is 75.3 cm³/mol. The van der Waals surface area contributed by atoms with E-state index in [2.05, 4.69) is 11.8 Å². The van der Waals surface area contributed by atoms with Crippen LogP contribution in [-0.2, 0) is 0 Å². The van der Waals surface area contributed by atoms with Gasteiger partial charge in [0.2, 0.25) is 0 Å². The largest absolute Gasteiger partial charge is 0.330 e. The highest BCUT2D eigenvalue weighted by molar-refractivity contribution is 7.99. The van der Waals surface area contributed by atoms with Crippen LogP contribution in [-0.4, -0.2) is 36.3 Å². The van der Waals surface area contributed by atoms with Gasteiger partial charge in [-0.15, -0.1) is 11.8 Å². The van der Waals surface area contributed by atoms with Gasteiger partial charge in [0.1, 0.15) is 5.82 Å². The Morgan fingerprint density at radius 1 is 1.39 bits per heavy atom. The molecule has 0 amide bonds. The Kier molecular flexibility index (Phi) is 5.03. The maximum absolute atomic E-state index is 12.8. The molecule has 0 aromatic heterocycles. The van der Waals surface area contributed by atoms with Crippen molar-refractivity contribution in [2.75, 3.05) is 25.4 Å². The molecule has 100 valence electrons. The number of nitrogens with zero attached hydrogens (tertiary/aromatic N) is 1. The van der Waals surface area contributed by atoms with E-state index in [9.17, 15) is 4.39 Å². The standard InChI is InChI=1S/C14H21FN2S/c1-11-8-12(9-16)10-17(11)6-7-18-14-4-2-13(15)3-5-14/h2-5,11-12H,6-10,16H2,1H3. The number of benzene rings is 1. The molecule has 0 aliphatic carbocycles. The minimum absolute atomic E-state index is 0.168. The summed E-state index contributed by atoms with van der Waals surface area (Å²) < 4.78 is 12.8. The summed E-state index contributed by atoms with van der Waals surface area (Å²) in [5, 5.41) is 0. The molecule has 2 unspecified atom stereocenters. The van der Waals surface area contributed by atoms with Gasteiger partial charge in [0.25, 0.3) is 0 Å². The van der Waals surface area contributed by atoms with Gasteiger partial charge in [-0.25, -0.2) is 4.39 Å². The smallest absolute Gasteiger partial charge is 0.123 e. The van der Waals surface area contributed by atoms with E-state index < -0.39 is 0 Å². The molecule has 2 rings (SSSR count). The molecule has 0 bridgehead atoms. The summed E-state index contributed by atoms with van der Waals surface area (Å²) in [6.07, 6.45) is 1.22. The maximum Gasteiger partial charge on any atom is 0.123 e. The number of hydrogen-bond donors (Lipinski definition) is 1. The van der Waals surface area contributed by atoms with Gasteiger partial charge < -0.3 is 5.73 Å². The molecule has 0 radical (unpaired) electrons. The first-order chi connectivity index (χ1) is 8.69. The highest BCUT2D eigenvalue weighted by Crippen LogP contribution is 2.24. The predicted octanol–water partition coefficient (Wildman–Crippen LogP) is 2.59. The average Bonchev–Trinajstić information content (AvgIpc) is 2.73. The van der Waals surface area contributed by atoms with Crippen molar-refractivity contribution in [2.45, 2.75) is 24.3 Å². The lowest BCUT2D eigenvalue weighted by molar-refractivity contribution is 0.281. The zero-order valence-electron chi connectivity index (χ0n) is 10.8. The summed E-state index contributed by atoms with van der Waals surface area (Å²) in [4.78, 5) is 3.65. The molecule has 1 heterocycles. The fourth-order valence-electron chi connectivity index (χ4n) is 2.51. The fraction of sp³-hybridized carbons (Fsp3) is 0.571. The number of likely N-dealkylation sites (tertiary alicyclic amines) is 1. The van der Waals surface area contributed by atoms with Crippen LogP contribution in [0.2, 0.25) is 0 Å². The number of rotatable bonds is 5. The van der Waals surface area contributed by atoms with E-state index in [-0.39, 0.29) is 5.82 Å². The van der Waals surface area contributed by atoms with Crippen molar-refractivity contribution in [3.05, 3.63) is 30.1 Å². The van der Waals surface area contributed by atoms with Crippen LogP contribution in [0.15, 0.2) is 29.2 Å². The van der Waals surface area contributed by atoms with Crippen molar-refractivity contribution in [2.24, 2.45) is 11.7 Å². The quantitative estimate of drug-likeness (QED) is 0.832. The van der Waals surface area contributed by atoms with Crippen LogP contribution >= 0.6 is 11.8 Å². The topological polar surface area (TPSA) is 29.3 Å². The third-order valence-corrected chi connectivity index (χ3v) is 4.58. The monoisotopic (exact) mass is 268 g/mol. The van der Waals surface area contributed by atoms with Crippen LogP contribution in [0.25, 0.3) is 0 Å². The van der Waals surface area contributed by atoms with Crippen molar-refractivity contribution in [3.8, 4) is 0 Å². The number of nitrogens with two attached hydrogens (primary N) is 1. The van der Waals surface area contributed by atoms with Crippen molar-refractivity contribution < 1.29 is 4.39 Å². The summed E-state index contributed by atoms with van der Waals surface area (Å²) in [6.45, 7) is 5.28. The third-order valence-electron chi connectivity index (χ3n) is 3.58. The zero-order valence-corrected chi connectivity index (χ0v) is 11.6. The minimum Gasteiger partial charge on any atom is -0.330 e. The lowest BCUT2D eigenvalue weighted by Gasteiger charge is -2.20. The Morgan fingerprint density at radius 3 is 2.72 bits per heavy atom. The normalized spacial score (nSPS) is 24.6. The van der Waals surface area contributed by atoms with Crippen LogP contribution in [0.4, 0.5) is 4.39 Å². The highest BCUT2D eigenvalue weighted by Gasteiger charge is 2.27. The lowest BCUT2D eigenvalue weighted by Crippen LogP contribution is -2.30. The first-order valence-electron chi connectivity index (χ1n) is 6.51. The van der Waals surface area contributed by atoms with Crippen LogP contribution < -0.4 is 5.73 Å². The third kappa shape index (κ3) is 3.70. The molecule has 2 atom stereocenters. The lowest BCUT2D eigenvalue weighted by atomic mass is 10.1. The van der Waals surface area contributed by atoms with Crippen LogP contribution in [0.1, 0.15) is 13.3 Å². The molecule has 1 fully saturated rings. The van der Waals surface area contributed by atoms with E-state index in [0.29, 0.717) is 12.0 Å². The van der Waals surface area contributed by atoms with Gasteiger partial charge >= 0.3 is 0 Å². The van der Waals surface area contributed by atoms with Crippen molar-refractivity contribution >= 4 is 11.8 Å². The molecule has 4 heteroatoms. The molecule has 2 N–H and O–H groups in total. The molecule has 1 aliphatic rings. The molecule has 1 saturated heterocycles. The highest BCUT2D eigenvalue weighted by atomic mass is 32.2. The van der Waals surface area contributed by atoms with Crippen LogP contribution in [0.5, 0.6) is 0 Å². The van der Waals surface area contributed by atoms with Crippen LogP contribution in [0.3, 0.4) is 0 Å². The average molecular weight is 268 g/mol. The SMILES string of the molecule is CC1CC(CN)CN1CCSc1ccc(F)cc1.